The Morgan fingerprint density at radius 2 is 2.27 bits per heavy atom. The second kappa shape index (κ2) is 4.44. The standard InChI is InChI=1S/C8H7NO4S2/c1-2-5-9-15(12,13)7-4-3-6(14-7)8(10)11/h1,3-4,9H,5H2,(H,10,11). The Balaban J connectivity index is 2.97. The van der Waals surface area contributed by atoms with Gasteiger partial charge in [0.15, 0.2) is 0 Å². The minimum atomic E-state index is -3.67. The van der Waals surface area contributed by atoms with Crippen molar-refractivity contribution in [1.82, 2.24) is 4.72 Å². The molecule has 15 heavy (non-hydrogen) atoms. The number of hydrogen-bond donors (Lipinski definition) is 2. The van der Waals surface area contributed by atoms with Crippen LogP contribution in [0.25, 0.3) is 0 Å². The van der Waals surface area contributed by atoms with E-state index in [1.54, 1.807) is 0 Å². The van der Waals surface area contributed by atoms with Crippen molar-refractivity contribution in [3.05, 3.63) is 17.0 Å². The largest absolute Gasteiger partial charge is 0.477 e. The molecule has 0 saturated heterocycles. The van der Waals surface area contributed by atoms with E-state index in [0.717, 1.165) is 0 Å². The van der Waals surface area contributed by atoms with Crippen LogP contribution in [0.3, 0.4) is 0 Å². The molecule has 0 radical (unpaired) electrons. The molecule has 1 aromatic rings. The maximum atomic E-state index is 11.4. The van der Waals surface area contributed by atoms with Crippen molar-refractivity contribution in [3.63, 3.8) is 0 Å². The van der Waals surface area contributed by atoms with E-state index in [9.17, 15) is 13.2 Å². The molecule has 0 amide bonds. The van der Waals surface area contributed by atoms with Gasteiger partial charge in [-0.3, -0.25) is 0 Å². The van der Waals surface area contributed by atoms with Crippen LogP contribution in [0.4, 0.5) is 0 Å². The van der Waals surface area contributed by atoms with Gasteiger partial charge in [-0.2, -0.15) is 4.72 Å². The molecule has 1 heterocycles. The molecule has 0 aliphatic heterocycles. The van der Waals surface area contributed by atoms with Crippen LogP contribution in [0.15, 0.2) is 16.3 Å². The molecule has 80 valence electrons. The van der Waals surface area contributed by atoms with E-state index in [4.69, 9.17) is 11.5 Å². The Labute approximate surface area is 90.8 Å². The van der Waals surface area contributed by atoms with E-state index in [-0.39, 0.29) is 15.6 Å². The zero-order valence-corrected chi connectivity index (χ0v) is 9.06. The molecule has 0 unspecified atom stereocenters. The first kappa shape index (κ1) is 11.7. The van der Waals surface area contributed by atoms with Crippen molar-refractivity contribution in [2.45, 2.75) is 4.21 Å². The van der Waals surface area contributed by atoms with Crippen molar-refractivity contribution >= 4 is 27.3 Å². The molecular formula is C8H7NO4S2. The molecular weight excluding hydrogens is 238 g/mol. The summed E-state index contributed by atoms with van der Waals surface area (Å²) in [6.45, 7) is -0.122. The van der Waals surface area contributed by atoms with Gasteiger partial charge in [0.1, 0.15) is 9.09 Å². The number of carboxylic acid groups (broad SMARTS) is 1. The van der Waals surface area contributed by atoms with Gasteiger partial charge < -0.3 is 5.11 Å². The van der Waals surface area contributed by atoms with Crippen LogP contribution >= 0.6 is 11.3 Å². The van der Waals surface area contributed by atoms with Gasteiger partial charge in [0, 0.05) is 0 Å². The third-order valence-corrected chi connectivity index (χ3v) is 4.39. The molecule has 2 N–H and O–H groups in total. The molecule has 0 bridgehead atoms. The molecule has 0 aliphatic rings. The van der Waals surface area contributed by atoms with Gasteiger partial charge in [-0.05, 0) is 12.1 Å². The van der Waals surface area contributed by atoms with Crippen molar-refractivity contribution in [2.24, 2.45) is 0 Å². The van der Waals surface area contributed by atoms with Crippen LogP contribution in [0, 0.1) is 12.3 Å². The maximum absolute atomic E-state index is 11.4. The smallest absolute Gasteiger partial charge is 0.345 e. The molecule has 5 nitrogen and oxygen atoms in total. The highest BCUT2D eigenvalue weighted by Gasteiger charge is 2.17. The molecule has 0 spiro atoms. The highest BCUT2D eigenvalue weighted by atomic mass is 32.2. The van der Waals surface area contributed by atoms with Gasteiger partial charge in [-0.25, -0.2) is 13.2 Å². The summed E-state index contributed by atoms with van der Waals surface area (Å²) in [6, 6.07) is 2.46. The Morgan fingerprint density at radius 3 is 2.73 bits per heavy atom. The molecule has 0 fully saturated rings. The van der Waals surface area contributed by atoms with Gasteiger partial charge in [0.2, 0.25) is 0 Å². The van der Waals surface area contributed by atoms with Crippen molar-refractivity contribution < 1.29 is 18.3 Å². The summed E-state index contributed by atoms with van der Waals surface area (Å²) in [5, 5.41) is 8.60. The lowest BCUT2D eigenvalue weighted by Gasteiger charge is -1.98. The van der Waals surface area contributed by atoms with E-state index in [0.29, 0.717) is 11.3 Å². The summed E-state index contributed by atoms with van der Waals surface area (Å²) in [5.41, 5.74) is 0. The molecule has 0 saturated carbocycles. The van der Waals surface area contributed by atoms with Crippen LogP contribution in [-0.4, -0.2) is 26.0 Å². The number of nitrogens with one attached hydrogen (secondary N) is 1. The van der Waals surface area contributed by atoms with Crippen molar-refractivity contribution in [2.75, 3.05) is 6.54 Å². The van der Waals surface area contributed by atoms with E-state index in [1.807, 2.05) is 0 Å². The first-order valence-corrected chi connectivity index (χ1v) is 6.03. The Hall–Kier alpha value is -1.36. The number of thiophene rings is 1. The number of carboxylic acids is 1. The number of hydrogen-bond acceptors (Lipinski definition) is 4. The van der Waals surface area contributed by atoms with Crippen molar-refractivity contribution in [1.29, 1.82) is 0 Å². The number of carbonyl (C=O) groups is 1. The summed E-state index contributed by atoms with van der Waals surface area (Å²) in [7, 11) is -3.67. The van der Waals surface area contributed by atoms with E-state index in [1.165, 1.54) is 12.1 Å². The summed E-state index contributed by atoms with van der Waals surface area (Å²) < 4.78 is 24.9. The van der Waals surface area contributed by atoms with E-state index in [2.05, 4.69) is 10.6 Å². The maximum Gasteiger partial charge on any atom is 0.345 e. The number of terminal acetylenes is 1. The van der Waals surface area contributed by atoms with Gasteiger partial charge in [-0.15, -0.1) is 17.8 Å². The Kier molecular flexibility index (Phi) is 3.47. The molecule has 1 aromatic heterocycles. The zero-order valence-electron chi connectivity index (χ0n) is 7.43. The highest BCUT2D eigenvalue weighted by Crippen LogP contribution is 2.20. The summed E-state index contributed by atoms with van der Waals surface area (Å²) >= 11 is 0.680. The van der Waals surface area contributed by atoms with Crippen LogP contribution < -0.4 is 4.72 Å². The lowest BCUT2D eigenvalue weighted by atomic mass is 10.5. The lowest BCUT2D eigenvalue weighted by Crippen LogP contribution is -2.22. The first-order chi connectivity index (χ1) is 6.97. The molecule has 0 aromatic carbocycles. The van der Waals surface area contributed by atoms with Gasteiger partial charge in [-0.1, -0.05) is 5.92 Å². The fourth-order valence-electron chi connectivity index (χ4n) is 0.787. The van der Waals surface area contributed by atoms with Crippen LogP contribution in [0.2, 0.25) is 0 Å². The third kappa shape index (κ3) is 2.79. The van der Waals surface area contributed by atoms with Crippen LogP contribution in [-0.2, 0) is 10.0 Å². The predicted octanol–water partition coefficient (Wildman–Crippen LogP) is 0.358. The van der Waals surface area contributed by atoms with Gasteiger partial charge in [0.05, 0.1) is 6.54 Å². The second-order valence-corrected chi connectivity index (χ2v) is 5.53. The third-order valence-electron chi connectivity index (χ3n) is 1.42. The first-order valence-electron chi connectivity index (χ1n) is 3.73. The predicted molar refractivity (Wildman–Crippen MR) is 55.3 cm³/mol. The molecule has 0 aliphatic carbocycles. The Morgan fingerprint density at radius 1 is 1.60 bits per heavy atom. The van der Waals surface area contributed by atoms with E-state index < -0.39 is 16.0 Å². The van der Waals surface area contributed by atoms with Gasteiger partial charge >= 0.3 is 5.97 Å². The highest BCUT2D eigenvalue weighted by molar-refractivity contribution is 7.91. The number of aromatic carboxylic acids is 1. The lowest BCUT2D eigenvalue weighted by molar-refractivity contribution is 0.0702. The number of rotatable bonds is 4. The molecule has 7 heteroatoms. The topological polar surface area (TPSA) is 83.5 Å². The molecule has 1 rings (SSSR count). The summed E-state index contributed by atoms with van der Waals surface area (Å²) in [6.07, 6.45) is 4.90. The zero-order chi connectivity index (χ0) is 11.5. The van der Waals surface area contributed by atoms with E-state index >= 15 is 0 Å². The summed E-state index contributed by atoms with van der Waals surface area (Å²) in [4.78, 5) is 10.5. The normalized spacial score (nSPS) is 10.9. The quantitative estimate of drug-likeness (QED) is 0.750. The SMILES string of the molecule is C#CCNS(=O)(=O)c1ccc(C(=O)O)s1. The number of sulfonamides is 1. The Bertz CT molecular complexity index is 509. The average molecular weight is 245 g/mol. The minimum Gasteiger partial charge on any atom is -0.477 e. The summed E-state index contributed by atoms with van der Waals surface area (Å²) in [5.74, 6) is 0.967. The fraction of sp³-hybridized carbons (Fsp3) is 0.125. The van der Waals surface area contributed by atoms with Crippen molar-refractivity contribution in [3.8, 4) is 12.3 Å². The van der Waals surface area contributed by atoms with Crippen LogP contribution in [0.5, 0.6) is 0 Å². The average Bonchev–Trinajstić information content (AvgIpc) is 2.64. The minimum absolute atomic E-state index is 0.0314. The second-order valence-electron chi connectivity index (χ2n) is 2.45. The fourth-order valence-corrected chi connectivity index (χ4v) is 2.91. The molecule has 0 atom stereocenters. The monoisotopic (exact) mass is 245 g/mol. The van der Waals surface area contributed by atoms with Gasteiger partial charge in [0.25, 0.3) is 10.0 Å². The van der Waals surface area contributed by atoms with Crippen LogP contribution in [0.1, 0.15) is 9.67 Å².